The lowest BCUT2D eigenvalue weighted by Gasteiger charge is -2.47. The molecular weight excluding hydrogens is 296 g/mol. The van der Waals surface area contributed by atoms with Crippen molar-refractivity contribution in [2.24, 2.45) is 0 Å². The van der Waals surface area contributed by atoms with Crippen LogP contribution in [0.25, 0.3) is 0 Å². The number of rotatable bonds is 3. The van der Waals surface area contributed by atoms with Gasteiger partial charge in [0.25, 0.3) is 5.12 Å². The van der Waals surface area contributed by atoms with Crippen LogP contribution in [0.1, 0.15) is 13.8 Å². The van der Waals surface area contributed by atoms with Gasteiger partial charge in [0.15, 0.2) is 11.2 Å². The molecule has 2 unspecified atom stereocenters. The third-order valence-corrected chi connectivity index (χ3v) is 5.51. The second kappa shape index (κ2) is 5.66. The average molecular weight is 312 g/mol. The zero-order valence-corrected chi connectivity index (χ0v) is 12.2. The Kier molecular flexibility index (Phi) is 4.53. The van der Waals surface area contributed by atoms with Crippen LogP contribution in [-0.4, -0.2) is 57.1 Å². The van der Waals surface area contributed by atoms with Gasteiger partial charge in [-0.15, -0.1) is 11.8 Å². The van der Waals surface area contributed by atoms with Gasteiger partial charge in [-0.2, -0.15) is 0 Å². The fraction of sp³-hybridized carbons (Fsp3) is 0.900. The summed E-state index contributed by atoms with van der Waals surface area (Å²) in [4.78, 5) is 9.92. The highest BCUT2D eigenvalue weighted by atomic mass is 32.2. The predicted molar refractivity (Wildman–Crippen MR) is 68.3 cm³/mol. The fourth-order valence-corrected chi connectivity index (χ4v) is 4.01. The van der Waals surface area contributed by atoms with Crippen molar-refractivity contribution in [2.45, 2.75) is 36.5 Å². The van der Waals surface area contributed by atoms with E-state index in [2.05, 4.69) is 4.74 Å². The first-order valence-corrected chi connectivity index (χ1v) is 7.73. The minimum atomic E-state index is -1.71. The molecule has 7 nitrogen and oxygen atoms in total. The largest absolute Gasteiger partial charge is 0.511 e. The first-order chi connectivity index (χ1) is 8.87. The lowest BCUT2D eigenvalue weighted by atomic mass is 10.3. The van der Waals surface area contributed by atoms with Crippen LogP contribution >= 0.6 is 23.5 Å². The molecule has 2 atom stereocenters. The molecule has 2 aliphatic heterocycles. The molecule has 0 aromatic carbocycles. The van der Waals surface area contributed by atoms with Gasteiger partial charge in [0, 0.05) is 5.75 Å². The van der Waals surface area contributed by atoms with Crippen molar-refractivity contribution >= 4 is 29.7 Å². The van der Waals surface area contributed by atoms with Gasteiger partial charge in [0.05, 0.1) is 12.4 Å². The maximum absolute atomic E-state index is 11.2. The van der Waals surface area contributed by atoms with E-state index in [0.717, 1.165) is 23.5 Å². The second-order valence-electron chi connectivity index (χ2n) is 4.09. The van der Waals surface area contributed by atoms with Crippen LogP contribution < -0.4 is 0 Å². The molecule has 2 fully saturated rings. The molecule has 2 rings (SSSR count). The van der Waals surface area contributed by atoms with Crippen LogP contribution in [-0.2, 0) is 18.9 Å². The van der Waals surface area contributed by atoms with Crippen LogP contribution in [0.15, 0.2) is 0 Å². The van der Waals surface area contributed by atoms with Gasteiger partial charge in [-0.25, -0.2) is 4.79 Å². The molecule has 2 N–H and O–H groups in total. The summed E-state index contributed by atoms with van der Waals surface area (Å²) in [6.45, 7) is 3.53. The van der Waals surface area contributed by atoms with E-state index in [1.165, 1.54) is 0 Å². The van der Waals surface area contributed by atoms with Gasteiger partial charge >= 0.3 is 6.16 Å². The van der Waals surface area contributed by atoms with E-state index in [-0.39, 0.29) is 24.4 Å². The molecule has 19 heavy (non-hydrogen) atoms. The summed E-state index contributed by atoms with van der Waals surface area (Å²) in [5, 5.41) is 18.6. The molecule has 0 aliphatic carbocycles. The first kappa shape index (κ1) is 15.2. The smallest absolute Gasteiger partial charge is 0.435 e. The van der Waals surface area contributed by atoms with Crippen LogP contribution in [0.3, 0.4) is 0 Å². The summed E-state index contributed by atoms with van der Waals surface area (Å²) >= 11 is 1.93. The number of hydrogen-bond acceptors (Lipinski definition) is 9. The van der Waals surface area contributed by atoms with E-state index in [1.54, 1.807) is 13.8 Å². The van der Waals surface area contributed by atoms with E-state index in [1.807, 2.05) is 0 Å². The number of hydrogen-bond donors (Lipinski definition) is 2. The lowest BCUT2D eigenvalue weighted by molar-refractivity contribution is -0.402. The Morgan fingerprint density at radius 3 is 2.53 bits per heavy atom. The highest BCUT2D eigenvalue weighted by molar-refractivity contribution is 8.07. The third-order valence-electron chi connectivity index (χ3n) is 2.51. The SMILES string of the molecule is CCOC(=O)OC1(O)CSC(O)(C2OC(C)O2)CS1. The Bertz CT molecular complexity index is 337. The van der Waals surface area contributed by atoms with Crippen molar-refractivity contribution in [3.05, 3.63) is 0 Å². The Balaban J connectivity index is 1.85. The first-order valence-electron chi connectivity index (χ1n) is 5.76. The Morgan fingerprint density at radius 1 is 1.37 bits per heavy atom. The summed E-state index contributed by atoms with van der Waals surface area (Å²) < 4.78 is 19.9. The molecule has 0 aromatic rings. The van der Waals surface area contributed by atoms with Gasteiger partial charge in [-0.1, -0.05) is 11.8 Å². The molecule has 0 aromatic heterocycles. The summed E-state index contributed by atoms with van der Waals surface area (Å²) in [5.74, 6) is 0.0928. The van der Waals surface area contributed by atoms with Gasteiger partial charge in [0.2, 0.25) is 6.29 Å². The Morgan fingerprint density at radius 2 is 2.05 bits per heavy atom. The van der Waals surface area contributed by atoms with Crippen molar-refractivity contribution < 1.29 is 34.0 Å². The molecule has 2 saturated heterocycles. The van der Waals surface area contributed by atoms with E-state index in [4.69, 9.17) is 14.2 Å². The maximum Gasteiger partial charge on any atom is 0.511 e. The highest BCUT2D eigenvalue weighted by Gasteiger charge is 2.53. The number of aliphatic hydroxyl groups is 2. The molecule has 0 amide bonds. The maximum atomic E-state index is 11.2. The van der Waals surface area contributed by atoms with Gasteiger partial charge in [0.1, 0.15) is 0 Å². The normalized spacial score (nSPS) is 42.3. The number of carbonyl (C=O) groups is 1. The third kappa shape index (κ3) is 3.47. The van der Waals surface area contributed by atoms with Crippen LogP contribution in [0, 0.1) is 0 Å². The fourth-order valence-electron chi connectivity index (χ4n) is 1.56. The summed E-state index contributed by atoms with van der Waals surface area (Å²) in [7, 11) is 0. The molecule has 0 spiro atoms. The van der Waals surface area contributed by atoms with Crippen LogP contribution in [0.5, 0.6) is 0 Å². The zero-order valence-electron chi connectivity index (χ0n) is 10.5. The number of thioether (sulfide) groups is 2. The molecule has 2 aliphatic rings. The van der Waals surface area contributed by atoms with Gasteiger partial charge in [-0.3, -0.25) is 0 Å². The zero-order chi connectivity index (χ0) is 14.1. The van der Waals surface area contributed by atoms with E-state index >= 15 is 0 Å². The highest BCUT2D eigenvalue weighted by Crippen LogP contribution is 2.47. The van der Waals surface area contributed by atoms with Crippen LogP contribution in [0.4, 0.5) is 4.79 Å². The predicted octanol–water partition coefficient (Wildman–Crippen LogP) is 0.693. The van der Waals surface area contributed by atoms with Gasteiger partial charge in [-0.05, 0) is 13.8 Å². The second-order valence-corrected chi connectivity index (χ2v) is 6.59. The number of ether oxygens (including phenoxy) is 4. The van der Waals surface area contributed by atoms with Crippen molar-refractivity contribution in [2.75, 3.05) is 18.1 Å². The van der Waals surface area contributed by atoms with Crippen LogP contribution in [0.2, 0.25) is 0 Å². The topological polar surface area (TPSA) is 94.5 Å². The van der Waals surface area contributed by atoms with Crippen molar-refractivity contribution in [1.82, 2.24) is 0 Å². The number of carbonyl (C=O) groups excluding carboxylic acids is 1. The lowest BCUT2D eigenvalue weighted by Crippen LogP contribution is -2.58. The molecule has 0 bridgehead atoms. The molecule has 2 heterocycles. The van der Waals surface area contributed by atoms with Crippen molar-refractivity contribution in [1.29, 1.82) is 0 Å². The Labute approximate surface area is 118 Å². The minimum absolute atomic E-state index is 0.00934. The van der Waals surface area contributed by atoms with E-state index in [0.29, 0.717) is 0 Å². The molecule has 0 radical (unpaired) electrons. The molecule has 110 valence electrons. The average Bonchev–Trinajstić information content (AvgIpc) is 2.30. The molecular formula is C10H16O7S2. The Hall–Kier alpha value is -0.190. The van der Waals surface area contributed by atoms with E-state index < -0.39 is 22.5 Å². The van der Waals surface area contributed by atoms with Gasteiger partial charge < -0.3 is 29.2 Å². The van der Waals surface area contributed by atoms with Crippen molar-refractivity contribution in [3.8, 4) is 0 Å². The quantitative estimate of drug-likeness (QED) is 0.576. The summed E-state index contributed by atoms with van der Waals surface area (Å²) in [5.41, 5.74) is 0. The molecule has 9 heteroatoms. The van der Waals surface area contributed by atoms with E-state index in [9.17, 15) is 15.0 Å². The summed E-state index contributed by atoms with van der Waals surface area (Å²) in [6, 6.07) is 0. The standard InChI is InChI=1S/C10H16O7S2/c1-3-14-8(11)17-10(13)5-18-9(12,4-19-10)7-15-6(2)16-7/h6-7,12-13H,3-5H2,1-2H3. The monoisotopic (exact) mass is 312 g/mol. The van der Waals surface area contributed by atoms with Crippen molar-refractivity contribution in [3.63, 3.8) is 0 Å². The minimum Gasteiger partial charge on any atom is -0.435 e. The summed E-state index contributed by atoms with van der Waals surface area (Å²) in [6.07, 6.45) is -2.00. The molecule has 0 saturated carbocycles.